The first-order chi connectivity index (χ1) is 17.5. The number of rotatable bonds is 7. The summed E-state index contributed by atoms with van der Waals surface area (Å²) in [7, 11) is 3.11. The first-order valence-corrected chi connectivity index (χ1v) is 11.0. The van der Waals surface area contributed by atoms with Gasteiger partial charge in [-0.25, -0.2) is 4.98 Å². The number of benzene rings is 3. The van der Waals surface area contributed by atoms with Crippen molar-refractivity contribution in [1.29, 1.82) is 5.26 Å². The Bertz CT molecular complexity index is 1460. The zero-order valence-corrected chi connectivity index (χ0v) is 19.7. The number of nitriles is 1. The molecule has 2 amide bonds. The minimum Gasteiger partial charge on any atom is -0.493 e. The minimum absolute atomic E-state index is 0.0693. The number of methoxy groups -OCH3 is 2. The van der Waals surface area contributed by atoms with Crippen molar-refractivity contribution in [2.75, 3.05) is 26.1 Å². The summed E-state index contributed by atoms with van der Waals surface area (Å²) in [6.07, 6.45) is 0. The van der Waals surface area contributed by atoms with E-state index in [1.165, 1.54) is 0 Å². The van der Waals surface area contributed by atoms with Gasteiger partial charge < -0.3 is 14.8 Å². The minimum atomic E-state index is -0.484. The van der Waals surface area contributed by atoms with E-state index in [1.54, 1.807) is 62.8 Å². The van der Waals surface area contributed by atoms with Crippen molar-refractivity contribution in [3.8, 4) is 28.8 Å². The fraction of sp³-hybridized carbons (Fsp3) is 0.111. The van der Waals surface area contributed by atoms with Crippen LogP contribution in [0, 0.1) is 11.3 Å². The molecule has 9 nitrogen and oxygen atoms in total. The number of carbonyl (C=O) groups is 2. The second-order valence-corrected chi connectivity index (χ2v) is 7.69. The molecule has 0 saturated carbocycles. The maximum absolute atomic E-state index is 13.1. The molecule has 1 heterocycles. The van der Waals surface area contributed by atoms with Crippen LogP contribution in [0.2, 0.25) is 0 Å². The first-order valence-electron chi connectivity index (χ1n) is 11.0. The third-order valence-electron chi connectivity index (χ3n) is 5.42. The number of amides is 2. The van der Waals surface area contributed by atoms with Gasteiger partial charge in [0.15, 0.2) is 11.5 Å². The van der Waals surface area contributed by atoms with E-state index in [2.05, 4.69) is 16.2 Å². The second-order valence-electron chi connectivity index (χ2n) is 7.69. The Kier molecular flexibility index (Phi) is 7.27. The van der Waals surface area contributed by atoms with Crippen molar-refractivity contribution in [1.82, 2.24) is 15.8 Å². The zero-order chi connectivity index (χ0) is 25.5. The molecule has 0 fully saturated rings. The average molecular weight is 482 g/mol. The van der Waals surface area contributed by atoms with Gasteiger partial charge in [-0.1, -0.05) is 18.2 Å². The van der Waals surface area contributed by atoms with Gasteiger partial charge in [-0.2, -0.15) is 5.26 Å². The topological polar surface area (TPSA) is 125 Å². The monoisotopic (exact) mass is 481 g/mol. The number of nitrogens with zero attached hydrogens (tertiary/aromatic N) is 2. The van der Waals surface area contributed by atoms with Crippen LogP contribution >= 0.6 is 0 Å². The van der Waals surface area contributed by atoms with Crippen LogP contribution in [0.25, 0.3) is 22.2 Å². The van der Waals surface area contributed by atoms with Crippen LogP contribution in [0.5, 0.6) is 11.5 Å². The summed E-state index contributed by atoms with van der Waals surface area (Å²) < 4.78 is 10.7. The summed E-state index contributed by atoms with van der Waals surface area (Å²) in [4.78, 5) is 30.0. The number of anilines is 1. The normalized spacial score (nSPS) is 10.2. The average Bonchev–Trinajstić information content (AvgIpc) is 2.93. The number of hydrogen-bond acceptors (Lipinski definition) is 7. The van der Waals surface area contributed by atoms with E-state index in [9.17, 15) is 9.59 Å². The molecule has 0 aliphatic rings. The molecule has 0 saturated heterocycles. The zero-order valence-electron chi connectivity index (χ0n) is 19.7. The Labute approximate surface area is 207 Å². The van der Waals surface area contributed by atoms with Crippen molar-refractivity contribution in [2.24, 2.45) is 0 Å². The highest BCUT2D eigenvalue weighted by Gasteiger charge is 2.16. The molecule has 3 N–H and O–H groups in total. The Hall–Kier alpha value is -5.10. The number of hydrazine groups is 1. The van der Waals surface area contributed by atoms with Crippen LogP contribution in [-0.2, 0) is 4.79 Å². The maximum atomic E-state index is 13.1. The lowest BCUT2D eigenvalue weighted by molar-refractivity contribution is -0.120. The van der Waals surface area contributed by atoms with Gasteiger partial charge in [0, 0.05) is 16.6 Å². The molecule has 0 aliphatic heterocycles. The Morgan fingerprint density at radius 3 is 2.39 bits per heavy atom. The molecular weight excluding hydrogens is 458 g/mol. The summed E-state index contributed by atoms with van der Waals surface area (Å²) in [6.45, 7) is -0.0693. The van der Waals surface area contributed by atoms with E-state index in [4.69, 9.17) is 19.7 Å². The van der Waals surface area contributed by atoms with E-state index >= 15 is 0 Å². The lowest BCUT2D eigenvalue weighted by Crippen LogP contribution is -2.44. The van der Waals surface area contributed by atoms with E-state index in [-0.39, 0.29) is 6.54 Å². The number of hydrogen-bond donors (Lipinski definition) is 3. The molecule has 0 bridgehead atoms. The Balaban J connectivity index is 1.51. The van der Waals surface area contributed by atoms with Gasteiger partial charge >= 0.3 is 0 Å². The van der Waals surface area contributed by atoms with E-state index < -0.39 is 11.8 Å². The van der Waals surface area contributed by atoms with Gasteiger partial charge in [0.2, 0.25) is 0 Å². The van der Waals surface area contributed by atoms with Crippen LogP contribution in [0.1, 0.15) is 15.9 Å². The van der Waals surface area contributed by atoms with Gasteiger partial charge in [-0.05, 0) is 54.6 Å². The molecule has 0 radical (unpaired) electrons. The van der Waals surface area contributed by atoms with Crippen LogP contribution in [0.15, 0.2) is 72.8 Å². The van der Waals surface area contributed by atoms with Gasteiger partial charge in [-0.15, -0.1) is 0 Å². The predicted octanol–water partition coefficient (Wildman–Crippen LogP) is 3.66. The summed E-state index contributed by atoms with van der Waals surface area (Å²) in [5.41, 5.74) is 8.37. The number of pyridine rings is 1. The molecule has 1 aromatic heterocycles. The molecule has 0 atom stereocenters. The first kappa shape index (κ1) is 24.0. The largest absolute Gasteiger partial charge is 0.493 e. The fourth-order valence-electron chi connectivity index (χ4n) is 3.59. The predicted molar refractivity (Wildman–Crippen MR) is 136 cm³/mol. The molecular formula is C27H23N5O4. The van der Waals surface area contributed by atoms with Gasteiger partial charge in [0.25, 0.3) is 11.8 Å². The molecule has 3 aromatic carbocycles. The Morgan fingerprint density at radius 1 is 0.917 bits per heavy atom. The van der Waals surface area contributed by atoms with Crippen molar-refractivity contribution in [2.45, 2.75) is 0 Å². The van der Waals surface area contributed by atoms with Gasteiger partial charge in [-0.3, -0.25) is 20.4 Å². The lowest BCUT2D eigenvalue weighted by Gasteiger charge is -2.13. The van der Waals surface area contributed by atoms with Crippen molar-refractivity contribution in [3.05, 3.63) is 83.9 Å². The number of carbonyl (C=O) groups excluding carboxylic acids is 2. The fourth-order valence-corrected chi connectivity index (χ4v) is 3.59. The van der Waals surface area contributed by atoms with Crippen LogP contribution < -0.4 is 25.6 Å². The molecule has 0 spiro atoms. The van der Waals surface area contributed by atoms with Crippen molar-refractivity contribution < 1.29 is 19.1 Å². The SMILES string of the molecule is COc1ccc(-c2cc(C(=O)NNC(=O)CNc3ccc(C#N)cc3)c3ccccc3n2)cc1OC. The molecule has 180 valence electrons. The van der Waals surface area contributed by atoms with Gasteiger partial charge in [0.05, 0.1) is 49.2 Å². The highest BCUT2D eigenvalue weighted by atomic mass is 16.5. The molecule has 4 rings (SSSR count). The summed E-state index contributed by atoms with van der Waals surface area (Å²) >= 11 is 0. The molecule has 9 heteroatoms. The van der Waals surface area contributed by atoms with Crippen molar-refractivity contribution >= 4 is 28.4 Å². The smallest absolute Gasteiger partial charge is 0.270 e. The number of para-hydroxylation sites is 1. The van der Waals surface area contributed by atoms with Gasteiger partial charge in [0.1, 0.15) is 0 Å². The van der Waals surface area contributed by atoms with Crippen LogP contribution in [0.3, 0.4) is 0 Å². The van der Waals surface area contributed by atoms with Crippen LogP contribution in [0.4, 0.5) is 5.69 Å². The summed E-state index contributed by atoms with van der Waals surface area (Å²) in [6, 6.07) is 23.0. The van der Waals surface area contributed by atoms with E-state index in [0.29, 0.717) is 44.9 Å². The maximum Gasteiger partial charge on any atom is 0.270 e. The lowest BCUT2D eigenvalue weighted by atomic mass is 10.0. The highest BCUT2D eigenvalue weighted by molar-refractivity contribution is 6.07. The number of nitrogens with one attached hydrogen (secondary N) is 3. The molecule has 0 aliphatic carbocycles. The van der Waals surface area contributed by atoms with E-state index in [1.807, 2.05) is 30.3 Å². The van der Waals surface area contributed by atoms with Crippen LogP contribution in [-0.4, -0.2) is 37.6 Å². The van der Waals surface area contributed by atoms with E-state index in [0.717, 1.165) is 5.56 Å². The summed E-state index contributed by atoms with van der Waals surface area (Å²) in [5, 5.41) is 12.4. The molecule has 36 heavy (non-hydrogen) atoms. The number of ether oxygens (including phenoxy) is 2. The molecule has 4 aromatic rings. The third-order valence-corrected chi connectivity index (χ3v) is 5.42. The quantitative estimate of drug-likeness (QED) is 0.344. The Morgan fingerprint density at radius 2 is 1.67 bits per heavy atom. The second kappa shape index (κ2) is 10.9. The molecule has 0 unspecified atom stereocenters. The van der Waals surface area contributed by atoms with Crippen molar-refractivity contribution in [3.63, 3.8) is 0 Å². The number of fused-ring (bicyclic) bond motifs is 1. The number of aromatic nitrogens is 1. The summed E-state index contributed by atoms with van der Waals surface area (Å²) in [5.74, 6) is 0.198. The standard InChI is InChI=1S/C27H23N5O4/c1-35-24-12-9-18(13-25(24)36-2)23-14-21(20-5-3-4-6-22(20)30-23)27(34)32-31-26(33)16-29-19-10-7-17(15-28)8-11-19/h3-14,29H,16H2,1-2H3,(H,31,33)(H,32,34). The highest BCUT2D eigenvalue weighted by Crippen LogP contribution is 2.33. The third kappa shape index (κ3) is 5.34.